The largest absolute Gasteiger partial charge is 0.396 e. The van der Waals surface area contributed by atoms with Gasteiger partial charge in [-0.15, -0.1) is 11.8 Å². The van der Waals surface area contributed by atoms with Crippen molar-refractivity contribution in [2.24, 2.45) is 17.8 Å². The summed E-state index contributed by atoms with van der Waals surface area (Å²) in [6.45, 7) is 5.76. The van der Waals surface area contributed by atoms with Crippen LogP contribution < -0.4 is 10.6 Å². The second-order valence-electron chi connectivity index (χ2n) is 9.86. The van der Waals surface area contributed by atoms with Gasteiger partial charge in [-0.05, 0) is 43.6 Å². The van der Waals surface area contributed by atoms with Crippen LogP contribution in [-0.4, -0.2) is 63.5 Å². The van der Waals surface area contributed by atoms with E-state index in [4.69, 9.17) is 5.11 Å². The van der Waals surface area contributed by atoms with E-state index in [2.05, 4.69) is 17.6 Å². The molecule has 186 valence electrons. The van der Waals surface area contributed by atoms with Gasteiger partial charge < -0.3 is 20.6 Å². The third-order valence-corrected chi connectivity index (χ3v) is 9.79. The molecule has 3 heterocycles. The number of aliphatic hydroxyl groups is 1. The van der Waals surface area contributed by atoms with E-state index in [1.54, 1.807) is 16.7 Å². The van der Waals surface area contributed by atoms with Gasteiger partial charge in [-0.3, -0.25) is 14.4 Å². The highest BCUT2D eigenvalue weighted by Crippen LogP contribution is 2.68. The molecule has 3 amide bonds. The van der Waals surface area contributed by atoms with Gasteiger partial charge >= 0.3 is 0 Å². The average molecular weight is 488 g/mol. The molecule has 0 radical (unpaired) electrons. The minimum absolute atomic E-state index is 0.0444. The first-order chi connectivity index (χ1) is 16.5. The molecule has 3 saturated heterocycles. The van der Waals surface area contributed by atoms with Gasteiger partial charge in [0.1, 0.15) is 6.04 Å². The molecule has 3 fully saturated rings. The normalized spacial score (nSPS) is 31.6. The fourth-order valence-electron chi connectivity index (χ4n) is 6.18. The number of amides is 3. The summed E-state index contributed by atoms with van der Waals surface area (Å²) < 4.78 is -0.576. The van der Waals surface area contributed by atoms with Crippen LogP contribution in [0.25, 0.3) is 0 Å². The Morgan fingerprint density at radius 2 is 1.91 bits per heavy atom. The molecule has 34 heavy (non-hydrogen) atoms. The van der Waals surface area contributed by atoms with Crippen molar-refractivity contribution in [1.82, 2.24) is 15.5 Å². The SMILES string of the molecule is CCCNC(=O)[C@@H]1[C@H]2C(=O)N(CCCCCO)C(C(=O)NCc3ccccc3)C23S[C@@H]1CC3C. The molecule has 1 aromatic carbocycles. The van der Waals surface area contributed by atoms with Gasteiger partial charge in [0.25, 0.3) is 0 Å². The zero-order valence-corrected chi connectivity index (χ0v) is 21.0. The summed E-state index contributed by atoms with van der Waals surface area (Å²) in [4.78, 5) is 42.5. The number of fused-ring (bicyclic) bond motifs is 1. The van der Waals surface area contributed by atoms with Gasteiger partial charge in [0.2, 0.25) is 17.7 Å². The number of thioether (sulfide) groups is 1. The third kappa shape index (κ3) is 4.35. The van der Waals surface area contributed by atoms with Crippen molar-refractivity contribution in [3.05, 3.63) is 35.9 Å². The minimum Gasteiger partial charge on any atom is -0.396 e. The lowest BCUT2D eigenvalue weighted by atomic mass is 9.66. The van der Waals surface area contributed by atoms with E-state index in [1.165, 1.54) is 0 Å². The van der Waals surface area contributed by atoms with E-state index in [1.807, 2.05) is 37.3 Å². The molecule has 0 aromatic heterocycles. The highest BCUT2D eigenvalue weighted by Gasteiger charge is 2.75. The molecule has 0 aliphatic carbocycles. The zero-order chi connectivity index (χ0) is 24.3. The molecule has 3 unspecified atom stereocenters. The molecule has 3 aliphatic heterocycles. The molecular formula is C26H37N3O4S. The third-order valence-electron chi connectivity index (χ3n) is 7.71. The maximum atomic E-state index is 13.9. The minimum atomic E-state index is -0.586. The van der Waals surface area contributed by atoms with Gasteiger partial charge in [0.15, 0.2) is 0 Å². The highest BCUT2D eigenvalue weighted by molar-refractivity contribution is 8.02. The maximum absolute atomic E-state index is 13.9. The second-order valence-corrected chi connectivity index (χ2v) is 11.4. The predicted octanol–water partition coefficient (Wildman–Crippen LogP) is 2.33. The Kier molecular flexibility index (Phi) is 7.87. The fraction of sp³-hybridized carbons (Fsp3) is 0.654. The van der Waals surface area contributed by atoms with Crippen LogP contribution in [0.15, 0.2) is 30.3 Å². The Labute approximate surface area is 206 Å². The van der Waals surface area contributed by atoms with Gasteiger partial charge in [-0.1, -0.05) is 44.2 Å². The summed E-state index contributed by atoms with van der Waals surface area (Å²) in [7, 11) is 0. The van der Waals surface area contributed by atoms with Crippen molar-refractivity contribution >= 4 is 29.5 Å². The topological polar surface area (TPSA) is 98.7 Å². The van der Waals surface area contributed by atoms with Crippen LogP contribution in [-0.2, 0) is 20.9 Å². The molecule has 8 heteroatoms. The summed E-state index contributed by atoms with van der Waals surface area (Å²) in [6, 6.07) is 9.19. The highest BCUT2D eigenvalue weighted by atomic mass is 32.2. The maximum Gasteiger partial charge on any atom is 0.244 e. The van der Waals surface area contributed by atoms with Crippen molar-refractivity contribution in [2.75, 3.05) is 19.7 Å². The standard InChI is InChI=1S/C26H37N3O4S/c1-3-12-27-23(31)20-19-15-17(2)26(34-19)21(20)25(33)29(13-8-5-9-14-30)22(26)24(32)28-16-18-10-6-4-7-11-18/h4,6-7,10-11,17,19-22,30H,3,5,8-9,12-16H2,1-2H3,(H,27,31)(H,28,32)/t17?,19-,20+,21+,22?,26?/m1/s1. The van der Waals surface area contributed by atoms with E-state index in [0.717, 1.165) is 31.2 Å². The number of hydrogen-bond donors (Lipinski definition) is 3. The van der Waals surface area contributed by atoms with Gasteiger partial charge in [-0.25, -0.2) is 0 Å². The Bertz CT molecular complexity index is 897. The smallest absolute Gasteiger partial charge is 0.244 e. The fourth-order valence-corrected chi connectivity index (χ4v) is 8.60. The second kappa shape index (κ2) is 10.7. The lowest BCUT2D eigenvalue weighted by molar-refractivity contribution is -0.140. The van der Waals surface area contributed by atoms with E-state index >= 15 is 0 Å². The average Bonchev–Trinajstić information content (AvgIpc) is 3.43. The first-order valence-corrected chi connectivity index (χ1v) is 13.5. The number of unbranched alkanes of at least 4 members (excludes halogenated alkanes) is 2. The van der Waals surface area contributed by atoms with Crippen LogP contribution in [0.5, 0.6) is 0 Å². The molecule has 1 spiro atoms. The van der Waals surface area contributed by atoms with Crippen molar-refractivity contribution in [3.63, 3.8) is 0 Å². The van der Waals surface area contributed by atoms with Crippen molar-refractivity contribution in [2.45, 2.75) is 68.5 Å². The van der Waals surface area contributed by atoms with E-state index < -0.39 is 16.7 Å². The molecule has 0 saturated carbocycles. The molecule has 1 aromatic rings. The molecule has 6 atom stereocenters. The van der Waals surface area contributed by atoms with E-state index in [9.17, 15) is 14.4 Å². The molecule has 3 N–H and O–H groups in total. The van der Waals surface area contributed by atoms with Crippen molar-refractivity contribution in [1.29, 1.82) is 0 Å². The quantitative estimate of drug-likeness (QED) is 0.416. The van der Waals surface area contributed by atoms with Crippen molar-refractivity contribution < 1.29 is 19.5 Å². The Hall–Kier alpha value is -2.06. The molecule has 2 bridgehead atoms. The van der Waals surface area contributed by atoms with E-state index in [0.29, 0.717) is 26.1 Å². The monoisotopic (exact) mass is 487 g/mol. The Balaban J connectivity index is 1.61. The number of hydrogen-bond acceptors (Lipinski definition) is 5. The summed E-state index contributed by atoms with van der Waals surface area (Å²) in [5.74, 6) is -0.905. The van der Waals surface area contributed by atoms with Crippen LogP contribution in [0.3, 0.4) is 0 Å². The zero-order valence-electron chi connectivity index (χ0n) is 20.2. The molecule has 7 nitrogen and oxygen atoms in total. The number of carbonyl (C=O) groups is 3. The van der Waals surface area contributed by atoms with Crippen LogP contribution >= 0.6 is 11.8 Å². The number of carbonyl (C=O) groups excluding carboxylic acids is 3. The molecule has 3 aliphatic rings. The van der Waals surface area contributed by atoms with Gasteiger partial charge in [-0.2, -0.15) is 0 Å². The number of nitrogens with one attached hydrogen (secondary N) is 2. The van der Waals surface area contributed by atoms with Crippen LogP contribution in [0.1, 0.15) is 51.5 Å². The van der Waals surface area contributed by atoms with Crippen LogP contribution in [0.2, 0.25) is 0 Å². The summed E-state index contributed by atoms with van der Waals surface area (Å²) in [6.07, 6.45) is 3.89. The summed E-state index contributed by atoms with van der Waals surface area (Å²) >= 11 is 1.71. The number of nitrogens with zero attached hydrogens (tertiary/aromatic N) is 1. The summed E-state index contributed by atoms with van der Waals surface area (Å²) in [5, 5.41) is 15.3. The van der Waals surface area contributed by atoms with Gasteiger partial charge in [0, 0.05) is 31.5 Å². The van der Waals surface area contributed by atoms with Crippen molar-refractivity contribution in [3.8, 4) is 0 Å². The lowest BCUT2D eigenvalue weighted by Gasteiger charge is -2.38. The molecular weight excluding hydrogens is 450 g/mol. The number of rotatable bonds is 11. The number of likely N-dealkylation sites (tertiary alicyclic amines) is 1. The van der Waals surface area contributed by atoms with E-state index in [-0.39, 0.29) is 41.4 Å². The molecule has 4 rings (SSSR count). The number of aliphatic hydroxyl groups excluding tert-OH is 1. The summed E-state index contributed by atoms with van der Waals surface area (Å²) in [5.41, 5.74) is 1.01. The predicted molar refractivity (Wildman–Crippen MR) is 133 cm³/mol. The Morgan fingerprint density at radius 3 is 2.62 bits per heavy atom. The van der Waals surface area contributed by atoms with Gasteiger partial charge in [0.05, 0.1) is 16.6 Å². The van der Waals surface area contributed by atoms with Crippen LogP contribution in [0, 0.1) is 17.8 Å². The first-order valence-electron chi connectivity index (χ1n) is 12.6. The van der Waals surface area contributed by atoms with Crippen LogP contribution in [0.4, 0.5) is 0 Å². The Morgan fingerprint density at radius 1 is 1.15 bits per heavy atom. The lowest BCUT2D eigenvalue weighted by Crippen LogP contribution is -2.56. The number of benzene rings is 1. The first kappa shape index (κ1) is 25.0.